The number of nitrogens with zero attached hydrogens (tertiary/aromatic N) is 1. The molecule has 1 heterocycles. The van der Waals surface area contributed by atoms with Crippen molar-refractivity contribution >= 4 is 38.5 Å². The van der Waals surface area contributed by atoms with Crippen LogP contribution in [0, 0.1) is 0 Å². The zero-order chi connectivity index (χ0) is 19.9. The fraction of sp³-hybridized carbons (Fsp3) is 0.250. The second kappa shape index (κ2) is 9.18. The Morgan fingerprint density at radius 3 is 2.39 bits per heavy atom. The highest BCUT2D eigenvalue weighted by atomic mass is 32.1. The van der Waals surface area contributed by atoms with Crippen molar-refractivity contribution in [3.05, 3.63) is 48.0 Å². The van der Waals surface area contributed by atoms with Crippen LogP contribution in [0.25, 0.3) is 10.2 Å². The Bertz CT molecular complexity index is 969. The molecule has 8 heteroatoms. The van der Waals surface area contributed by atoms with Gasteiger partial charge in [0.15, 0.2) is 5.13 Å². The summed E-state index contributed by atoms with van der Waals surface area (Å²) in [5.41, 5.74) is 1.24. The first kappa shape index (κ1) is 19.6. The number of rotatable bonds is 8. The minimum atomic E-state index is -0.344. The molecule has 0 saturated heterocycles. The topological polar surface area (TPSA) is 89.5 Å². The van der Waals surface area contributed by atoms with Crippen LogP contribution < -0.4 is 20.1 Å². The Hall–Kier alpha value is -3.13. The number of hydrogen-bond acceptors (Lipinski definition) is 6. The van der Waals surface area contributed by atoms with Gasteiger partial charge >= 0.3 is 0 Å². The largest absolute Gasteiger partial charge is 0.494 e. The maximum absolute atomic E-state index is 12.2. The minimum absolute atomic E-state index is 0.147. The van der Waals surface area contributed by atoms with E-state index in [-0.39, 0.29) is 18.4 Å². The van der Waals surface area contributed by atoms with Gasteiger partial charge in [-0.05, 0) is 56.3 Å². The van der Waals surface area contributed by atoms with E-state index >= 15 is 0 Å². The number of ether oxygens (including phenoxy) is 2. The Labute approximate surface area is 166 Å². The molecule has 2 aromatic carbocycles. The Morgan fingerprint density at radius 2 is 1.68 bits per heavy atom. The molecule has 0 saturated carbocycles. The summed E-state index contributed by atoms with van der Waals surface area (Å²) >= 11 is 1.35. The third-order valence-electron chi connectivity index (χ3n) is 3.75. The first-order valence-corrected chi connectivity index (χ1v) is 9.75. The van der Waals surface area contributed by atoms with Crippen molar-refractivity contribution in [2.24, 2.45) is 0 Å². The smallest absolute Gasteiger partial charge is 0.251 e. The van der Waals surface area contributed by atoms with Gasteiger partial charge in [0.2, 0.25) is 5.91 Å². The van der Waals surface area contributed by atoms with Crippen molar-refractivity contribution in [2.75, 3.05) is 25.1 Å². The summed E-state index contributed by atoms with van der Waals surface area (Å²) in [6.45, 7) is 4.81. The summed E-state index contributed by atoms with van der Waals surface area (Å²) in [7, 11) is 0. The highest BCUT2D eigenvalue weighted by Crippen LogP contribution is 2.29. The van der Waals surface area contributed by atoms with Crippen molar-refractivity contribution in [3.8, 4) is 11.5 Å². The van der Waals surface area contributed by atoms with Crippen LogP contribution in [0.2, 0.25) is 0 Å². The first-order valence-electron chi connectivity index (χ1n) is 8.93. The molecule has 0 atom stereocenters. The van der Waals surface area contributed by atoms with Gasteiger partial charge in [-0.3, -0.25) is 9.59 Å². The van der Waals surface area contributed by atoms with Gasteiger partial charge in [0.05, 0.1) is 30.0 Å². The molecule has 1 aromatic heterocycles. The summed E-state index contributed by atoms with van der Waals surface area (Å²) < 4.78 is 11.7. The number of hydrogen-bond donors (Lipinski definition) is 2. The van der Waals surface area contributed by atoms with E-state index in [1.165, 1.54) is 11.3 Å². The Kier molecular flexibility index (Phi) is 6.44. The predicted octanol–water partition coefficient (Wildman–Crippen LogP) is 3.46. The standard InChI is InChI=1S/C20H21N3O4S/c1-3-26-14-7-5-13(6-8-14)19(25)21-12-18(24)23-20-22-16-10-9-15(27-4-2)11-17(16)28-20/h5-11H,3-4,12H2,1-2H3,(H,21,25)(H,22,23,24). The second-order valence-corrected chi connectivity index (χ2v) is 6.80. The fourth-order valence-corrected chi connectivity index (χ4v) is 3.42. The number of benzene rings is 2. The van der Waals surface area contributed by atoms with Gasteiger partial charge in [-0.25, -0.2) is 4.98 Å². The third kappa shape index (κ3) is 4.98. The molecule has 3 rings (SSSR count). The van der Waals surface area contributed by atoms with Crippen molar-refractivity contribution in [1.82, 2.24) is 10.3 Å². The first-order chi connectivity index (χ1) is 13.6. The zero-order valence-corrected chi connectivity index (χ0v) is 16.5. The maximum Gasteiger partial charge on any atom is 0.251 e. The maximum atomic E-state index is 12.2. The lowest BCUT2D eigenvalue weighted by Gasteiger charge is -2.06. The lowest BCUT2D eigenvalue weighted by molar-refractivity contribution is -0.115. The lowest BCUT2D eigenvalue weighted by Crippen LogP contribution is -2.32. The molecule has 0 spiro atoms. The summed E-state index contributed by atoms with van der Waals surface area (Å²) in [5.74, 6) is 0.784. The van der Waals surface area contributed by atoms with Gasteiger partial charge in [-0.2, -0.15) is 0 Å². The molecule has 2 N–H and O–H groups in total. The predicted molar refractivity (Wildman–Crippen MR) is 109 cm³/mol. The van der Waals surface area contributed by atoms with Crippen LogP contribution in [0.1, 0.15) is 24.2 Å². The van der Waals surface area contributed by atoms with Crippen LogP contribution in [0.3, 0.4) is 0 Å². The molecular formula is C20H21N3O4S. The molecule has 0 fully saturated rings. The third-order valence-corrected chi connectivity index (χ3v) is 4.69. The molecule has 0 bridgehead atoms. The van der Waals surface area contributed by atoms with E-state index in [0.29, 0.717) is 29.7 Å². The molecule has 0 aliphatic carbocycles. The van der Waals surface area contributed by atoms with E-state index in [9.17, 15) is 9.59 Å². The monoisotopic (exact) mass is 399 g/mol. The van der Waals surface area contributed by atoms with E-state index < -0.39 is 0 Å². The molecule has 146 valence electrons. The minimum Gasteiger partial charge on any atom is -0.494 e. The number of fused-ring (bicyclic) bond motifs is 1. The zero-order valence-electron chi connectivity index (χ0n) is 15.7. The van der Waals surface area contributed by atoms with Crippen molar-refractivity contribution < 1.29 is 19.1 Å². The summed E-state index contributed by atoms with van der Waals surface area (Å²) in [6.07, 6.45) is 0. The van der Waals surface area contributed by atoms with Gasteiger partial charge in [0.25, 0.3) is 5.91 Å². The van der Waals surface area contributed by atoms with Gasteiger partial charge in [0, 0.05) is 5.56 Å². The molecule has 0 unspecified atom stereocenters. The average molecular weight is 399 g/mol. The number of aromatic nitrogens is 1. The molecular weight excluding hydrogens is 378 g/mol. The number of thiazole rings is 1. The summed E-state index contributed by atoms with van der Waals surface area (Å²) in [5, 5.41) is 5.78. The molecule has 28 heavy (non-hydrogen) atoms. The Balaban J connectivity index is 1.55. The van der Waals surface area contributed by atoms with Crippen LogP contribution in [-0.4, -0.2) is 36.6 Å². The van der Waals surface area contributed by atoms with Gasteiger partial charge in [0.1, 0.15) is 11.5 Å². The highest BCUT2D eigenvalue weighted by molar-refractivity contribution is 7.22. The highest BCUT2D eigenvalue weighted by Gasteiger charge is 2.11. The van der Waals surface area contributed by atoms with Crippen molar-refractivity contribution in [3.63, 3.8) is 0 Å². The molecule has 7 nitrogen and oxygen atoms in total. The average Bonchev–Trinajstić information content (AvgIpc) is 3.08. The van der Waals surface area contributed by atoms with Crippen LogP contribution in [0.4, 0.5) is 5.13 Å². The van der Waals surface area contributed by atoms with Gasteiger partial charge in [-0.1, -0.05) is 11.3 Å². The van der Waals surface area contributed by atoms with Gasteiger partial charge in [-0.15, -0.1) is 0 Å². The lowest BCUT2D eigenvalue weighted by atomic mass is 10.2. The van der Waals surface area contributed by atoms with Crippen LogP contribution in [0.5, 0.6) is 11.5 Å². The number of carbonyl (C=O) groups excluding carboxylic acids is 2. The van der Waals surface area contributed by atoms with E-state index in [1.807, 2.05) is 32.0 Å². The van der Waals surface area contributed by atoms with Crippen LogP contribution in [-0.2, 0) is 4.79 Å². The van der Waals surface area contributed by atoms with Gasteiger partial charge < -0.3 is 20.1 Å². The normalized spacial score (nSPS) is 10.5. The number of nitrogens with one attached hydrogen (secondary N) is 2. The van der Waals surface area contributed by atoms with E-state index in [1.54, 1.807) is 24.3 Å². The van der Waals surface area contributed by atoms with Crippen molar-refractivity contribution in [2.45, 2.75) is 13.8 Å². The second-order valence-electron chi connectivity index (χ2n) is 5.77. The molecule has 0 aliphatic rings. The van der Waals surface area contributed by atoms with Crippen LogP contribution >= 0.6 is 11.3 Å². The summed E-state index contributed by atoms with van der Waals surface area (Å²) in [4.78, 5) is 28.7. The van der Waals surface area contributed by atoms with Crippen LogP contribution in [0.15, 0.2) is 42.5 Å². The fourth-order valence-electron chi connectivity index (χ4n) is 2.51. The van der Waals surface area contributed by atoms with Crippen molar-refractivity contribution in [1.29, 1.82) is 0 Å². The van der Waals surface area contributed by atoms with E-state index in [2.05, 4.69) is 15.6 Å². The Morgan fingerprint density at radius 1 is 1.00 bits per heavy atom. The van der Waals surface area contributed by atoms with E-state index in [0.717, 1.165) is 16.0 Å². The molecule has 0 radical (unpaired) electrons. The number of amides is 2. The number of carbonyl (C=O) groups is 2. The molecule has 2 amide bonds. The quantitative estimate of drug-likeness (QED) is 0.605. The molecule has 3 aromatic rings. The van der Waals surface area contributed by atoms with E-state index in [4.69, 9.17) is 9.47 Å². The summed E-state index contributed by atoms with van der Waals surface area (Å²) in [6, 6.07) is 12.3. The number of anilines is 1. The SMILES string of the molecule is CCOc1ccc(C(=O)NCC(=O)Nc2nc3ccc(OCC)cc3s2)cc1. The molecule has 0 aliphatic heterocycles.